The third-order valence-corrected chi connectivity index (χ3v) is 3.14. The predicted octanol–water partition coefficient (Wildman–Crippen LogP) is 3.05. The standard InChI is InChI=1S/C15H17F3N4/c1-22(11-7-12-4-2-3-9-19-12)14-20-10-6-13(21-14)5-8-15(16,17)18/h2-4,6,9-10H,5,7-8,11H2,1H3. The normalized spacial score (nSPS) is 11.5. The minimum atomic E-state index is -4.17. The summed E-state index contributed by atoms with van der Waals surface area (Å²) in [5.41, 5.74) is 1.34. The van der Waals surface area contributed by atoms with Crippen molar-refractivity contribution >= 4 is 5.95 Å². The van der Waals surface area contributed by atoms with Gasteiger partial charge in [0.05, 0.1) is 0 Å². The maximum absolute atomic E-state index is 12.2. The average Bonchev–Trinajstić information content (AvgIpc) is 2.51. The van der Waals surface area contributed by atoms with Gasteiger partial charge in [0, 0.05) is 50.2 Å². The first-order chi connectivity index (χ1) is 10.4. The number of nitrogens with zero attached hydrogens (tertiary/aromatic N) is 4. The van der Waals surface area contributed by atoms with Crippen LogP contribution in [0, 0.1) is 0 Å². The third kappa shape index (κ3) is 5.31. The van der Waals surface area contributed by atoms with Gasteiger partial charge in [0.25, 0.3) is 0 Å². The van der Waals surface area contributed by atoms with E-state index in [4.69, 9.17) is 0 Å². The lowest BCUT2D eigenvalue weighted by Gasteiger charge is -2.17. The van der Waals surface area contributed by atoms with Gasteiger partial charge in [-0.3, -0.25) is 4.98 Å². The minimum Gasteiger partial charge on any atom is -0.343 e. The molecule has 0 aromatic carbocycles. The summed E-state index contributed by atoms with van der Waals surface area (Å²) in [4.78, 5) is 14.3. The van der Waals surface area contributed by atoms with Crippen LogP contribution in [0.2, 0.25) is 0 Å². The van der Waals surface area contributed by atoms with Crippen LogP contribution >= 0.6 is 0 Å². The molecule has 0 atom stereocenters. The van der Waals surface area contributed by atoms with Crippen LogP contribution in [-0.4, -0.2) is 34.7 Å². The quantitative estimate of drug-likeness (QED) is 0.822. The molecule has 7 heteroatoms. The van der Waals surface area contributed by atoms with Gasteiger partial charge >= 0.3 is 6.18 Å². The van der Waals surface area contributed by atoms with Crippen LogP contribution in [0.3, 0.4) is 0 Å². The highest BCUT2D eigenvalue weighted by atomic mass is 19.4. The molecule has 0 radical (unpaired) electrons. The van der Waals surface area contributed by atoms with Crippen molar-refractivity contribution in [2.75, 3.05) is 18.5 Å². The number of aromatic nitrogens is 3. The van der Waals surface area contributed by atoms with Crippen LogP contribution in [0.5, 0.6) is 0 Å². The lowest BCUT2D eigenvalue weighted by atomic mass is 10.2. The highest BCUT2D eigenvalue weighted by Gasteiger charge is 2.26. The van der Waals surface area contributed by atoms with Crippen molar-refractivity contribution in [2.24, 2.45) is 0 Å². The second-order valence-corrected chi connectivity index (χ2v) is 4.96. The third-order valence-electron chi connectivity index (χ3n) is 3.14. The SMILES string of the molecule is CN(CCc1ccccn1)c1nccc(CCC(F)(F)F)n1. The molecule has 2 heterocycles. The summed E-state index contributed by atoms with van der Waals surface area (Å²) in [6.07, 6.45) is -1.24. The number of rotatable bonds is 6. The van der Waals surface area contributed by atoms with Crippen LogP contribution < -0.4 is 4.90 Å². The van der Waals surface area contributed by atoms with E-state index in [-0.39, 0.29) is 6.42 Å². The second-order valence-electron chi connectivity index (χ2n) is 4.96. The Kier molecular flexibility index (Phi) is 5.30. The van der Waals surface area contributed by atoms with Crippen LogP contribution in [0.25, 0.3) is 0 Å². The molecule has 0 saturated heterocycles. The molecule has 0 saturated carbocycles. The number of halogens is 3. The molecular weight excluding hydrogens is 293 g/mol. The zero-order valence-corrected chi connectivity index (χ0v) is 12.2. The number of hydrogen-bond acceptors (Lipinski definition) is 4. The van der Waals surface area contributed by atoms with Crippen molar-refractivity contribution in [2.45, 2.75) is 25.4 Å². The minimum absolute atomic E-state index is 0.132. The molecule has 0 aliphatic rings. The molecule has 0 spiro atoms. The van der Waals surface area contributed by atoms with Crippen LogP contribution in [0.1, 0.15) is 17.8 Å². The Morgan fingerprint density at radius 1 is 1.00 bits per heavy atom. The van der Waals surface area contributed by atoms with Crippen LogP contribution in [0.15, 0.2) is 36.7 Å². The van der Waals surface area contributed by atoms with E-state index in [1.807, 2.05) is 30.1 Å². The summed E-state index contributed by atoms with van der Waals surface area (Å²) in [5, 5.41) is 0. The van der Waals surface area contributed by atoms with E-state index >= 15 is 0 Å². The average molecular weight is 310 g/mol. The Balaban J connectivity index is 1.93. The summed E-state index contributed by atoms with van der Waals surface area (Å²) in [5.74, 6) is 0.426. The van der Waals surface area contributed by atoms with Crippen molar-refractivity contribution < 1.29 is 13.2 Å². The Hall–Kier alpha value is -2.18. The lowest BCUT2D eigenvalue weighted by Crippen LogP contribution is -2.23. The molecule has 0 unspecified atom stereocenters. The van der Waals surface area contributed by atoms with Crippen molar-refractivity contribution in [3.63, 3.8) is 0 Å². The van der Waals surface area contributed by atoms with Gasteiger partial charge in [0.15, 0.2) is 0 Å². The molecule has 22 heavy (non-hydrogen) atoms. The number of alkyl halides is 3. The van der Waals surface area contributed by atoms with Gasteiger partial charge in [0.1, 0.15) is 0 Å². The van der Waals surface area contributed by atoms with E-state index in [2.05, 4.69) is 15.0 Å². The van der Waals surface area contributed by atoms with Gasteiger partial charge in [-0.2, -0.15) is 13.2 Å². The van der Waals surface area contributed by atoms with Gasteiger partial charge in [-0.25, -0.2) is 9.97 Å². The molecule has 4 nitrogen and oxygen atoms in total. The van der Waals surface area contributed by atoms with E-state index in [1.54, 1.807) is 6.20 Å². The lowest BCUT2D eigenvalue weighted by molar-refractivity contribution is -0.134. The molecule has 2 aromatic rings. The monoisotopic (exact) mass is 310 g/mol. The summed E-state index contributed by atoms with van der Waals surface area (Å²) in [6, 6.07) is 7.20. The summed E-state index contributed by atoms with van der Waals surface area (Å²) in [7, 11) is 1.81. The fraction of sp³-hybridized carbons (Fsp3) is 0.400. The second kappa shape index (κ2) is 7.20. The maximum Gasteiger partial charge on any atom is 0.389 e. The van der Waals surface area contributed by atoms with E-state index in [0.29, 0.717) is 24.6 Å². The molecular formula is C15H17F3N4. The van der Waals surface area contributed by atoms with Crippen molar-refractivity contribution in [1.82, 2.24) is 15.0 Å². The predicted molar refractivity (Wildman–Crippen MR) is 77.6 cm³/mol. The van der Waals surface area contributed by atoms with Gasteiger partial charge in [0.2, 0.25) is 5.95 Å². The topological polar surface area (TPSA) is 41.9 Å². The molecule has 2 aromatic heterocycles. The number of likely N-dealkylation sites (N-methyl/N-ethyl adjacent to an activating group) is 1. The zero-order chi connectivity index (χ0) is 16.0. The van der Waals surface area contributed by atoms with Gasteiger partial charge in [-0.15, -0.1) is 0 Å². The molecule has 0 fully saturated rings. The molecule has 0 N–H and O–H groups in total. The van der Waals surface area contributed by atoms with E-state index in [0.717, 1.165) is 5.69 Å². The Morgan fingerprint density at radius 2 is 1.82 bits per heavy atom. The summed E-state index contributed by atoms with van der Waals surface area (Å²) < 4.78 is 36.7. The van der Waals surface area contributed by atoms with Crippen molar-refractivity contribution in [3.05, 3.63) is 48.0 Å². The van der Waals surface area contributed by atoms with E-state index in [1.165, 1.54) is 12.3 Å². The van der Waals surface area contributed by atoms with E-state index in [9.17, 15) is 13.2 Å². The van der Waals surface area contributed by atoms with Gasteiger partial charge in [-0.1, -0.05) is 6.07 Å². The Bertz CT molecular complexity index is 587. The fourth-order valence-electron chi connectivity index (χ4n) is 1.91. The highest BCUT2D eigenvalue weighted by molar-refractivity contribution is 5.29. The molecule has 0 bridgehead atoms. The number of anilines is 1. The number of aryl methyl sites for hydroxylation is 1. The zero-order valence-electron chi connectivity index (χ0n) is 12.2. The fourth-order valence-corrected chi connectivity index (χ4v) is 1.91. The van der Waals surface area contributed by atoms with Crippen LogP contribution in [-0.2, 0) is 12.8 Å². The van der Waals surface area contributed by atoms with Gasteiger partial charge in [-0.05, 0) is 24.6 Å². The molecule has 0 aliphatic heterocycles. The Morgan fingerprint density at radius 3 is 2.50 bits per heavy atom. The molecule has 2 rings (SSSR count). The number of hydrogen-bond donors (Lipinski definition) is 0. The molecule has 118 valence electrons. The van der Waals surface area contributed by atoms with Crippen molar-refractivity contribution in [1.29, 1.82) is 0 Å². The number of pyridine rings is 1. The van der Waals surface area contributed by atoms with E-state index < -0.39 is 12.6 Å². The summed E-state index contributed by atoms with van der Waals surface area (Å²) >= 11 is 0. The molecule has 0 amide bonds. The molecule has 0 aliphatic carbocycles. The largest absolute Gasteiger partial charge is 0.389 e. The first kappa shape index (κ1) is 16.2. The first-order valence-electron chi connectivity index (χ1n) is 6.94. The van der Waals surface area contributed by atoms with Gasteiger partial charge < -0.3 is 4.90 Å². The highest BCUT2D eigenvalue weighted by Crippen LogP contribution is 2.21. The first-order valence-corrected chi connectivity index (χ1v) is 6.94. The smallest absolute Gasteiger partial charge is 0.343 e. The summed E-state index contributed by atoms with van der Waals surface area (Å²) in [6.45, 7) is 0.639. The Labute approximate surface area is 127 Å². The maximum atomic E-state index is 12.2. The van der Waals surface area contributed by atoms with Crippen molar-refractivity contribution in [3.8, 4) is 0 Å². The van der Waals surface area contributed by atoms with Crippen LogP contribution in [0.4, 0.5) is 19.1 Å².